The number of hydrogen-bond acceptors (Lipinski definition) is 1. The Morgan fingerprint density at radius 2 is 1.50 bits per heavy atom. The highest BCUT2D eigenvalue weighted by Crippen LogP contribution is 2.12. The van der Waals surface area contributed by atoms with Crippen molar-refractivity contribution in [1.82, 2.24) is 0 Å². The standard InChI is InChI=1S/C12H18OSi/c1-9-6-11(14(3,4)5)7-10(2)12(9)8-13/h6-8H,1-5H3. The third kappa shape index (κ3) is 2.12. The van der Waals surface area contributed by atoms with Gasteiger partial charge in [-0.1, -0.05) is 37.0 Å². The molecular weight excluding hydrogens is 188 g/mol. The molecule has 0 fully saturated rings. The number of benzene rings is 1. The van der Waals surface area contributed by atoms with Gasteiger partial charge in [-0.3, -0.25) is 4.79 Å². The molecule has 0 saturated carbocycles. The van der Waals surface area contributed by atoms with Gasteiger partial charge in [0.2, 0.25) is 0 Å². The topological polar surface area (TPSA) is 17.1 Å². The molecule has 1 aromatic carbocycles. The normalized spacial score (nSPS) is 11.5. The predicted octanol–water partition coefficient (Wildman–Crippen LogP) is 2.66. The summed E-state index contributed by atoms with van der Waals surface area (Å²) in [6.45, 7) is 11.0. The first kappa shape index (κ1) is 11.2. The second kappa shape index (κ2) is 3.69. The molecule has 0 N–H and O–H groups in total. The lowest BCUT2D eigenvalue weighted by Gasteiger charge is -2.19. The zero-order chi connectivity index (χ0) is 10.9. The van der Waals surface area contributed by atoms with Crippen molar-refractivity contribution in [2.45, 2.75) is 33.5 Å². The van der Waals surface area contributed by atoms with Crippen LogP contribution in [0.15, 0.2) is 12.1 Å². The average Bonchev–Trinajstić information content (AvgIpc) is 2.01. The summed E-state index contributed by atoms with van der Waals surface area (Å²) >= 11 is 0. The van der Waals surface area contributed by atoms with Crippen LogP contribution in [0.4, 0.5) is 0 Å². The summed E-state index contributed by atoms with van der Waals surface area (Å²) in [6.07, 6.45) is 0.957. The average molecular weight is 206 g/mol. The Hall–Kier alpha value is -0.893. The van der Waals surface area contributed by atoms with Gasteiger partial charge in [-0.2, -0.15) is 0 Å². The van der Waals surface area contributed by atoms with E-state index < -0.39 is 8.07 Å². The highest BCUT2D eigenvalue weighted by Gasteiger charge is 2.17. The molecule has 0 aliphatic rings. The molecule has 0 atom stereocenters. The molecule has 0 heterocycles. The van der Waals surface area contributed by atoms with Gasteiger partial charge in [0.25, 0.3) is 0 Å². The summed E-state index contributed by atoms with van der Waals surface area (Å²) in [5.41, 5.74) is 3.07. The first-order valence-corrected chi connectivity index (χ1v) is 8.43. The van der Waals surface area contributed by atoms with Gasteiger partial charge >= 0.3 is 0 Å². The number of aryl methyl sites for hydroxylation is 2. The van der Waals surface area contributed by atoms with Gasteiger partial charge in [0.1, 0.15) is 0 Å². The molecule has 0 amide bonds. The van der Waals surface area contributed by atoms with Gasteiger partial charge in [-0.25, -0.2) is 0 Å². The van der Waals surface area contributed by atoms with E-state index in [0.29, 0.717) is 0 Å². The largest absolute Gasteiger partial charge is 0.298 e. The highest BCUT2D eigenvalue weighted by atomic mass is 28.3. The minimum atomic E-state index is -1.25. The molecule has 14 heavy (non-hydrogen) atoms. The van der Waals surface area contributed by atoms with Crippen LogP contribution >= 0.6 is 0 Å². The van der Waals surface area contributed by atoms with Gasteiger partial charge in [0.05, 0.1) is 8.07 Å². The van der Waals surface area contributed by atoms with Crippen molar-refractivity contribution in [3.05, 3.63) is 28.8 Å². The van der Waals surface area contributed by atoms with Gasteiger partial charge in [-0.15, -0.1) is 0 Å². The van der Waals surface area contributed by atoms with Crippen molar-refractivity contribution < 1.29 is 4.79 Å². The second-order valence-corrected chi connectivity index (χ2v) is 9.97. The molecule has 1 rings (SSSR count). The first-order chi connectivity index (χ1) is 6.36. The Balaban J connectivity index is 3.35. The van der Waals surface area contributed by atoms with Crippen LogP contribution in [0.3, 0.4) is 0 Å². The lowest BCUT2D eigenvalue weighted by Crippen LogP contribution is -2.38. The minimum Gasteiger partial charge on any atom is -0.298 e. The lowest BCUT2D eigenvalue weighted by atomic mass is 10.0. The van der Waals surface area contributed by atoms with Crippen LogP contribution in [-0.4, -0.2) is 14.4 Å². The Labute approximate surface area is 87.2 Å². The molecular formula is C12H18OSi. The Morgan fingerprint density at radius 1 is 1.07 bits per heavy atom. The molecule has 0 aromatic heterocycles. The third-order valence-electron chi connectivity index (χ3n) is 2.58. The quantitative estimate of drug-likeness (QED) is 0.537. The molecule has 76 valence electrons. The number of aldehydes is 1. The van der Waals surface area contributed by atoms with Crippen molar-refractivity contribution >= 4 is 19.5 Å². The summed E-state index contributed by atoms with van der Waals surface area (Å²) < 4.78 is 0. The molecule has 1 aromatic rings. The monoisotopic (exact) mass is 206 g/mol. The molecule has 0 radical (unpaired) electrons. The minimum absolute atomic E-state index is 0.854. The number of carbonyl (C=O) groups excluding carboxylic acids is 1. The van der Waals surface area contributed by atoms with Gasteiger partial charge in [0, 0.05) is 5.56 Å². The van der Waals surface area contributed by atoms with Crippen LogP contribution in [0.5, 0.6) is 0 Å². The molecule has 0 unspecified atom stereocenters. The van der Waals surface area contributed by atoms with Gasteiger partial charge in [-0.05, 0) is 25.0 Å². The summed E-state index contributed by atoms with van der Waals surface area (Å²) in [5.74, 6) is 0. The number of rotatable bonds is 2. The van der Waals surface area contributed by atoms with Crippen LogP contribution in [0.25, 0.3) is 0 Å². The van der Waals surface area contributed by atoms with Crippen molar-refractivity contribution in [1.29, 1.82) is 0 Å². The predicted molar refractivity (Wildman–Crippen MR) is 64.3 cm³/mol. The summed E-state index contributed by atoms with van der Waals surface area (Å²) in [6, 6.07) is 4.34. The van der Waals surface area contributed by atoms with Crippen molar-refractivity contribution in [2.24, 2.45) is 0 Å². The van der Waals surface area contributed by atoms with Crippen LogP contribution < -0.4 is 5.19 Å². The molecule has 0 bridgehead atoms. The van der Waals surface area contributed by atoms with E-state index in [1.807, 2.05) is 13.8 Å². The van der Waals surface area contributed by atoms with E-state index in [4.69, 9.17) is 0 Å². The van der Waals surface area contributed by atoms with Gasteiger partial charge in [0.15, 0.2) is 6.29 Å². The maximum atomic E-state index is 10.8. The third-order valence-corrected chi connectivity index (χ3v) is 4.60. The smallest absolute Gasteiger partial charge is 0.150 e. The summed E-state index contributed by atoms with van der Waals surface area (Å²) in [5, 5.41) is 1.43. The molecule has 2 heteroatoms. The number of carbonyl (C=O) groups is 1. The lowest BCUT2D eigenvalue weighted by molar-refractivity contribution is 0.112. The SMILES string of the molecule is Cc1cc([Si](C)(C)C)cc(C)c1C=O. The van der Waals surface area contributed by atoms with E-state index in [-0.39, 0.29) is 0 Å². The van der Waals surface area contributed by atoms with Crippen molar-refractivity contribution in [2.75, 3.05) is 0 Å². The van der Waals surface area contributed by atoms with E-state index in [9.17, 15) is 4.79 Å². The van der Waals surface area contributed by atoms with Crippen LogP contribution in [0.2, 0.25) is 19.6 Å². The first-order valence-electron chi connectivity index (χ1n) is 4.93. The highest BCUT2D eigenvalue weighted by molar-refractivity contribution is 6.88. The molecule has 0 aliphatic heterocycles. The van der Waals surface area contributed by atoms with Crippen LogP contribution in [-0.2, 0) is 0 Å². The number of hydrogen-bond donors (Lipinski definition) is 0. The molecule has 0 aliphatic carbocycles. The van der Waals surface area contributed by atoms with Crippen LogP contribution in [0.1, 0.15) is 21.5 Å². The fourth-order valence-electron chi connectivity index (χ4n) is 1.59. The van der Waals surface area contributed by atoms with E-state index in [2.05, 4.69) is 31.8 Å². The van der Waals surface area contributed by atoms with E-state index >= 15 is 0 Å². The van der Waals surface area contributed by atoms with Gasteiger partial charge < -0.3 is 0 Å². The Kier molecular flexibility index (Phi) is 2.95. The fraction of sp³-hybridized carbons (Fsp3) is 0.417. The summed E-state index contributed by atoms with van der Waals surface area (Å²) in [4.78, 5) is 10.8. The maximum Gasteiger partial charge on any atom is 0.150 e. The van der Waals surface area contributed by atoms with E-state index in [1.54, 1.807) is 0 Å². The van der Waals surface area contributed by atoms with E-state index in [0.717, 1.165) is 23.0 Å². The maximum absolute atomic E-state index is 10.8. The zero-order valence-corrected chi connectivity index (χ0v) is 10.6. The van der Waals surface area contributed by atoms with Crippen molar-refractivity contribution in [3.63, 3.8) is 0 Å². The van der Waals surface area contributed by atoms with Crippen LogP contribution in [0, 0.1) is 13.8 Å². The zero-order valence-electron chi connectivity index (χ0n) is 9.64. The molecule has 1 nitrogen and oxygen atoms in total. The summed E-state index contributed by atoms with van der Waals surface area (Å²) in [7, 11) is -1.25. The van der Waals surface area contributed by atoms with Crippen molar-refractivity contribution in [3.8, 4) is 0 Å². The second-order valence-electron chi connectivity index (χ2n) is 4.89. The molecule has 0 saturated heterocycles. The van der Waals surface area contributed by atoms with E-state index in [1.165, 1.54) is 5.19 Å². The fourth-order valence-corrected chi connectivity index (χ4v) is 2.89. The Morgan fingerprint density at radius 3 is 1.79 bits per heavy atom. The Bertz CT molecular complexity index is 338. The molecule has 0 spiro atoms.